The fraction of sp³-hybridized carbons (Fsp3) is 0.323. The maximum Gasteiger partial charge on any atom is 0.490 e. The molecular formula is C31H31F7N8O5. The summed E-state index contributed by atoms with van der Waals surface area (Å²) in [5.74, 6) is -5.38. The molecule has 51 heavy (non-hydrogen) atoms. The highest BCUT2D eigenvalue weighted by Gasteiger charge is 2.39. The van der Waals surface area contributed by atoms with E-state index in [-0.39, 0.29) is 23.6 Å². The summed E-state index contributed by atoms with van der Waals surface area (Å²) in [6.07, 6.45) is -8.26. The molecule has 0 amide bonds. The molecule has 0 atom stereocenters. The van der Waals surface area contributed by atoms with Crippen LogP contribution < -0.4 is 11.1 Å². The van der Waals surface area contributed by atoms with E-state index in [4.69, 9.17) is 40.4 Å². The van der Waals surface area contributed by atoms with Crippen molar-refractivity contribution in [1.29, 1.82) is 0 Å². The van der Waals surface area contributed by atoms with Gasteiger partial charge in [-0.1, -0.05) is 12.1 Å². The van der Waals surface area contributed by atoms with Gasteiger partial charge >= 0.3 is 24.3 Å². The first kappa shape index (κ1) is 38.3. The molecule has 0 aliphatic carbocycles. The van der Waals surface area contributed by atoms with Crippen molar-refractivity contribution in [2.24, 2.45) is 0 Å². The van der Waals surface area contributed by atoms with Crippen LogP contribution in [0.5, 0.6) is 0 Å². The molecule has 0 saturated carbocycles. The van der Waals surface area contributed by atoms with Gasteiger partial charge in [0.15, 0.2) is 5.65 Å². The minimum Gasteiger partial charge on any atom is -0.475 e. The number of nitrogens with two attached hydrogens (primary N) is 1. The van der Waals surface area contributed by atoms with E-state index in [9.17, 15) is 26.3 Å². The summed E-state index contributed by atoms with van der Waals surface area (Å²) in [6.45, 7) is 7.85. The molecule has 3 aromatic heterocycles. The number of H-pyrrole nitrogens is 1. The highest BCUT2D eigenvalue weighted by Crippen LogP contribution is 2.34. The molecule has 6 rings (SSSR count). The van der Waals surface area contributed by atoms with Crippen LogP contribution in [0.25, 0.3) is 33.2 Å². The van der Waals surface area contributed by atoms with E-state index >= 15 is 4.39 Å². The van der Waals surface area contributed by atoms with E-state index in [2.05, 4.69) is 26.3 Å². The lowest BCUT2D eigenvalue weighted by Crippen LogP contribution is -2.35. The van der Waals surface area contributed by atoms with Gasteiger partial charge in [0.05, 0.1) is 24.3 Å². The van der Waals surface area contributed by atoms with Crippen LogP contribution in [-0.2, 0) is 20.9 Å². The Morgan fingerprint density at radius 3 is 2.18 bits per heavy atom. The number of carboxylic acids is 2. The highest BCUT2D eigenvalue weighted by molar-refractivity contribution is 6.00. The number of carbonyl (C=O) groups is 2. The van der Waals surface area contributed by atoms with Gasteiger partial charge in [-0.05, 0) is 49.7 Å². The zero-order chi connectivity index (χ0) is 37.7. The molecule has 4 heterocycles. The summed E-state index contributed by atoms with van der Waals surface area (Å²) in [5, 5.41) is 23.9. The molecule has 0 spiro atoms. The Morgan fingerprint density at radius 2 is 1.61 bits per heavy atom. The number of nitrogen functional groups attached to an aromatic ring is 1. The van der Waals surface area contributed by atoms with Crippen LogP contribution >= 0.6 is 0 Å². The first-order valence-electron chi connectivity index (χ1n) is 14.9. The van der Waals surface area contributed by atoms with Crippen molar-refractivity contribution in [3.63, 3.8) is 0 Å². The summed E-state index contributed by atoms with van der Waals surface area (Å²) in [6, 6.07) is 13.3. The fourth-order valence-corrected chi connectivity index (χ4v) is 4.78. The molecule has 0 radical (unpaired) electrons. The SMILES string of the molecule is CC(C)n1nc(-c2ccc3[nH]ccc3c2)c2c(N)nc(Nc3ccc(CN4CCOCC4)cc3F)nc21.O=C(O)C(F)(F)F.O=C(O)C(F)(F)F. The number of aliphatic carboxylic acids is 2. The summed E-state index contributed by atoms with van der Waals surface area (Å²) in [5.41, 5.74) is 10.9. The molecule has 1 saturated heterocycles. The van der Waals surface area contributed by atoms with Crippen molar-refractivity contribution < 1.29 is 55.3 Å². The summed E-state index contributed by atoms with van der Waals surface area (Å²) in [4.78, 5) is 32.4. The van der Waals surface area contributed by atoms with Gasteiger partial charge in [-0.15, -0.1) is 0 Å². The lowest BCUT2D eigenvalue weighted by Gasteiger charge is -2.26. The third-order valence-corrected chi connectivity index (χ3v) is 7.17. The number of aromatic nitrogens is 5. The smallest absolute Gasteiger partial charge is 0.475 e. The van der Waals surface area contributed by atoms with Crippen molar-refractivity contribution in [3.8, 4) is 11.3 Å². The van der Waals surface area contributed by atoms with Crippen LogP contribution in [0, 0.1) is 5.82 Å². The van der Waals surface area contributed by atoms with Gasteiger partial charge < -0.3 is 31.0 Å². The second kappa shape index (κ2) is 15.6. The number of aromatic amines is 1. The monoisotopic (exact) mass is 728 g/mol. The van der Waals surface area contributed by atoms with E-state index in [0.29, 0.717) is 36.5 Å². The Balaban J connectivity index is 0.000000353. The van der Waals surface area contributed by atoms with E-state index in [1.807, 2.05) is 49.0 Å². The van der Waals surface area contributed by atoms with Gasteiger partial charge in [0.2, 0.25) is 5.95 Å². The molecule has 0 unspecified atom stereocenters. The first-order valence-corrected chi connectivity index (χ1v) is 14.9. The Labute approximate surface area is 283 Å². The van der Waals surface area contributed by atoms with E-state index in [1.165, 1.54) is 0 Å². The van der Waals surface area contributed by atoms with Gasteiger partial charge in [0.25, 0.3) is 0 Å². The van der Waals surface area contributed by atoms with Gasteiger partial charge in [-0.3, -0.25) is 4.90 Å². The lowest BCUT2D eigenvalue weighted by molar-refractivity contribution is -0.193. The number of rotatable bonds is 6. The zero-order valence-electron chi connectivity index (χ0n) is 26.8. The minimum absolute atomic E-state index is 0.0330. The van der Waals surface area contributed by atoms with Crippen molar-refractivity contribution in [2.45, 2.75) is 38.8 Å². The van der Waals surface area contributed by atoms with Gasteiger partial charge in [-0.25, -0.2) is 18.7 Å². The molecule has 20 heteroatoms. The third kappa shape index (κ3) is 9.81. The first-order chi connectivity index (χ1) is 23.8. The Kier molecular flexibility index (Phi) is 11.7. The number of hydrogen-bond donors (Lipinski definition) is 5. The van der Waals surface area contributed by atoms with Crippen LogP contribution in [0.4, 0.5) is 48.2 Å². The maximum atomic E-state index is 15.0. The Bertz CT molecular complexity index is 1980. The second-order valence-electron chi connectivity index (χ2n) is 11.2. The Hall–Kier alpha value is -5.50. The number of benzene rings is 2. The van der Waals surface area contributed by atoms with Crippen LogP contribution in [-0.4, -0.2) is 90.4 Å². The molecule has 6 N–H and O–H groups in total. The molecule has 274 valence electrons. The minimum atomic E-state index is -5.08. The summed E-state index contributed by atoms with van der Waals surface area (Å²) in [7, 11) is 0. The van der Waals surface area contributed by atoms with Crippen LogP contribution in [0.15, 0.2) is 48.7 Å². The maximum absolute atomic E-state index is 15.0. The average Bonchev–Trinajstić information content (AvgIpc) is 3.68. The van der Waals surface area contributed by atoms with Crippen molar-refractivity contribution in [3.05, 3.63) is 60.0 Å². The zero-order valence-corrected chi connectivity index (χ0v) is 26.8. The normalized spacial score (nSPS) is 13.8. The molecule has 0 bridgehead atoms. The number of morpholine rings is 1. The number of anilines is 3. The van der Waals surface area contributed by atoms with Crippen LogP contribution in [0.3, 0.4) is 0 Å². The topological polar surface area (TPSA) is 185 Å². The largest absolute Gasteiger partial charge is 0.490 e. The number of fused-ring (bicyclic) bond motifs is 2. The Morgan fingerprint density at radius 1 is 0.980 bits per heavy atom. The molecule has 1 aliphatic rings. The average molecular weight is 729 g/mol. The van der Waals surface area contributed by atoms with Gasteiger partial charge in [0, 0.05) is 48.3 Å². The molecule has 1 fully saturated rings. The fourth-order valence-electron chi connectivity index (χ4n) is 4.78. The molecule has 2 aromatic carbocycles. The van der Waals surface area contributed by atoms with Crippen LogP contribution in [0.1, 0.15) is 25.5 Å². The predicted octanol–water partition coefficient (Wildman–Crippen LogP) is 6.12. The molecule has 1 aliphatic heterocycles. The number of hydrogen-bond acceptors (Lipinski definition) is 9. The number of carboxylic acid groups (broad SMARTS) is 2. The van der Waals surface area contributed by atoms with Crippen LogP contribution in [0.2, 0.25) is 0 Å². The van der Waals surface area contributed by atoms with E-state index in [1.54, 1.807) is 12.1 Å². The van der Waals surface area contributed by atoms with E-state index in [0.717, 1.165) is 40.8 Å². The van der Waals surface area contributed by atoms with Gasteiger partial charge in [-0.2, -0.15) is 41.4 Å². The van der Waals surface area contributed by atoms with Gasteiger partial charge in [0.1, 0.15) is 17.3 Å². The number of alkyl halides is 6. The predicted molar refractivity (Wildman–Crippen MR) is 171 cm³/mol. The number of nitrogens with one attached hydrogen (secondary N) is 2. The number of nitrogens with zero attached hydrogens (tertiary/aromatic N) is 5. The summed E-state index contributed by atoms with van der Waals surface area (Å²) < 4.78 is 85.7. The molecular weight excluding hydrogens is 697 g/mol. The van der Waals surface area contributed by atoms with E-state index < -0.39 is 24.3 Å². The summed E-state index contributed by atoms with van der Waals surface area (Å²) >= 11 is 0. The number of halogens is 7. The standard InChI is InChI=1S/C27H29FN8O.2C2HF3O2/c1-16(2)36-26-23(24(34-36)19-4-6-21-18(14-19)7-8-30-21)25(29)32-27(33-26)31-22-5-3-17(13-20(22)28)15-35-9-11-37-12-10-35;2*3-2(4,5)1(6)7/h3-8,13-14,16,30H,9-12,15H2,1-2H3,(H3,29,31,32,33);2*(H,6,7). The molecule has 5 aromatic rings. The highest BCUT2D eigenvalue weighted by atomic mass is 19.4. The lowest BCUT2D eigenvalue weighted by atomic mass is 10.1. The van der Waals surface area contributed by atoms with Crippen molar-refractivity contribution >= 4 is 51.3 Å². The van der Waals surface area contributed by atoms with Crippen molar-refractivity contribution in [1.82, 2.24) is 29.6 Å². The molecule has 13 nitrogen and oxygen atoms in total. The number of ether oxygens (including phenoxy) is 1. The quantitative estimate of drug-likeness (QED) is 0.127. The third-order valence-electron chi connectivity index (χ3n) is 7.17. The van der Waals surface area contributed by atoms with Crippen molar-refractivity contribution in [2.75, 3.05) is 37.4 Å². The second-order valence-corrected chi connectivity index (χ2v) is 11.2.